The molecule has 36 heavy (non-hydrogen) atoms. The van der Waals surface area contributed by atoms with Crippen LogP contribution in [0.2, 0.25) is 10.0 Å². The Balaban J connectivity index is 1.31. The fraction of sp³-hybridized carbons (Fsp3) is 0.519. The summed E-state index contributed by atoms with van der Waals surface area (Å²) in [4.78, 5) is 8.73. The Hall–Kier alpha value is -1.64. The molecule has 3 heterocycles. The van der Waals surface area contributed by atoms with Crippen LogP contribution in [-0.2, 0) is 19.0 Å². The van der Waals surface area contributed by atoms with Gasteiger partial charge in [-0.2, -0.15) is 13.2 Å². The average molecular weight is 540 g/mol. The second-order valence-corrected chi connectivity index (χ2v) is 10.9. The first-order chi connectivity index (χ1) is 17.2. The highest BCUT2D eigenvalue weighted by molar-refractivity contribution is 6.31. The summed E-state index contributed by atoms with van der Waals surface area (Å²) in [5, 5.41) is 10.3. The van der Waals surface area contributed by atoms with Gasteiger partial charge in [0.2, 0.25) is 0 Å². The molecule has 9 heteroatoms. The second-order valence-electron chi connectivity index (χ2n) is 10.0. The predicted octanol–water partition coefficient (Wildman–Crippen LogP) is 5.88. The molecular weight excluding hydrogens is 510 g/mol. The Morgan fingerprint density at radius 2 is 1.83 bits per heavy atom. The van der Waals surface area contributed by atoms with Gasteiger partial charge in [0.1, 0.15) is 0 Å². The van der Waals surface area contributed by atoms with E-state index >= 15 is 0 Å². The zero-order chi connectivity index (χ0) is 25.4. The number of benzene rings is 1. The molecule has 0 spiro atoms. The van der Waals surface area contributed by atoms with Crippen LogP contribution in [0.15, 0.2) is 35.9 Å². The summed E-state index contributed by atoms with van der Waals surface area (Å²) in [6.07, 6.45) is -0.177. The standard InChI is InChI=1S/C27H30Cl2F3N3O/c28-18-4-3-17-14-23-21(22(17)15-18)9-13-35(25(23)16-34-11-7-20(36)8-12-34)10-1-2-19-5-6-24(29)26(33-19)27(30,31)32/h3-6,15,20,25,36H,1-2,7-14,16H2. The first-order valence-corrected chi connectivity index (χ1v) is 13.3. The maximum atomic E-state index is 13.2. The summed E-state index contributed by atoms with van der Waals surface area (Å²) >= 11 is 12.0. The molecule has 1 aliphatic carbocycles. The van der Waals surface area contributed by atoms with Crippen LogP contribution in [0.4, 0.5) is 13.2 Å². The van der Waals surface area contributed by atoms with Gasteiger partial charge in [-0.05, 0) is 91.6 Å². The van der Waals surface area contributed by atoms with Gasteiger partial charge in [0.15, 0.2) is 5.69 Å². The van der Waals surface area contributed by atoms with Crippen LogP contribution in [-0.4, -0.2) is 64.8 Å². The number of likely N-dealkylation sites (tertiary alicyclic amines) is 1. The molecule has 1 aromatic carbocycles. The van der Waals surface area contributed by atoms with Crippen LogP contribution >= 0.6 is 23.2 Å². The van der Waals surface area contributed by atoms with E-state index < -0.39 is 11.9 Å². The monoisotopic (exact) mass is 539 g/mol. The predicted molar refractivity (Wildman–Crippen MR) is 136 cm³/mol. The van der Waals surface area contributed by atoms with Crippen molar-refractivity contribution in [2.75, 3.05) is 32.7 Å². The number of alkyl halides is 3. The molecule has 0 radical (unpaired) electrons. The topological polar surface area (TPSA) is 39.6 Å². The van der Waals surface area contributed by atoms with E-state index in [1.54, 1.807) is 6.07 Å². The first kappa shape index (κ1) is 26.0. The fourth-order valence-electron chi connectivity index (χ4n) is 5.84. The summed E-state index contributed by atoms with van der Waals surface area (Å²) in [7, 11) is 0. The van der Waals surface area contributed by atoms with Gasteiger partial charge >= 0.3 is 6.18 Å². The average Bonchev–Trinajstić information content (AvgIpc) is 3.20. The van der Waals surface area contributed by atoms with Crippen LogP contribution in [0.5, 0.6) is 0 Å². The molecule has 1 N–H and O–H groups in total. The van der Waals surface area contributed by atoms with Crippen LogP contribution < -0.4 is 0 Å². The van der Waals surface area contributed by atoms with Crippen molar-refractivity contribution in [3.63, 3.8) is 0 Å². The highest BCUT2D eigenvalue weighted by atomic mass is 35.5. The van der Waals surface area contributed by atoms with Gasteiger partial charge in [0, 0.05) is 42.9 Å². The lowest BCUT2D eigenvalue weighted by Gasteiger charge is -2.41. The lowest BCUT2D eigenvalue weighted by Crippen LogP contribution is -2.50. The minimum absolute atomic E-state index is 0.218. The summed E-state index contributed by atoms with van der Waals surface area (Å²) in [5.74, 6) is 0. The number of fused-ring (bicyclic) bond motifs is 2. The lowest BCUT2D eigenvalue weighted by molar-refractivity contribution is -0.141. The van der Waals surface area contributed by atoms with Crippen LogP contribution in [0, 0.1) is 0 Å². The van der Waals surface area contributed by atoms with E-state index in [9.17, 15) is 18.3 Å². The maximum Gasteiger partial charge on any atom is 0.434 e. The van der Waals surface area contributed by atoms with Crippen LogP contribution in [0.1, 0.15) is 48.2 Å². The number of aryl methyl sites for hydroxylation is 1. The Bertz CT molecular complexity index is 1150. The largest absolute Gasteiger partial charge is 0.434 e. The Kier molecular flexibility index (Phi) is 7.66. The molecule has 1 saturated heterocycles. The number of aliphatic hydroxyl groups excluding tert-OH is 1. The second kappa shape index (κ2) is 10.6. The molecule has 0 bridgehead atoms. The van der Waals surface area contributed by atoms with Crippen molar-refractivity contribution in [2.24, 2.45) is 0 Å². The SMILES string of the molecule is OC1CCN(CC2C3=C(CCN2CCCc2ccc(Cl)c(C(F)(F)F)n2)c2cc(Cl)ccc2C3)CC1. The van der Waals surface area contributed by atoms with Gasteiger partial charge in [-0.1, -0.05) is 29.3 Å². The number of nitrogens with zero attached hydrogens (tertiary/aromatic N) is 3. The smallest absolute Gasteiger partial charge is 0.393 e. The molecule has 1 aromatic heterocycles. The first-order valence-electron chi connectivity index (χ1n) is 12.6. The number of hydrogen-bond acceptors (Lipinski definition) is 4. The van der Waals surface area contributed by atoms with E-state index in [-0.39, 0.29) is 17.2 Å². The maximum absolute atomic E-state index is 13.2. The van der Waals surface area contributed by atoms with Gasteiger partial charge in [0.05, 0.1) is 11.1 Å². The zero-order valence-electron chi connectivity index (χ0n) is 20.0. The molecule has 1 fully saturated rings. The molecule has 0 amide bonds. The minimum atomic E-state index is -4.56. The number of aliphatic hydroxyl groups is 1. The van der Waals surface area contributed by atoms with Crippen molar-refractivity contribution in [1.29, 1.82) is 0 Å². The van der Waals surface area contributed by atoms with Gasteiger partial charge in [-0.15, -0.1) is 0 Å². The van der Waals surface area contributed by atoms with E-state index in [4.69, 9.17) is 23.2 Å². The van der Waals surface area contributed by atoms with Crippen molar-refractivity contribution >= 4 is 28.8 Å². The minimum Gasteiger partial charge on any atom is -0.393 e. The number of rotatable bonds is 6. The molecule has 4 nitrogen and oxygen atoms in total. The lowest BCUT2D eigenvalue weighted by atomic mass is 9.91. The molecule has 3 aliphatic rings. The molecule has 2 aromatic rings. The summed E-state index contributed by atoms with van der Waals surface area (Å²) in [6, 6.07) is 9.26. The molecule has 194 valence electrons. The van der Waals surface area contributed by atoms with Crippen molar-refractivity contribution < 1.29 is 18.3 Å². The van der Waals surface area contributed by atoms with E-state index in [1.165, 1.54) is 28.3 Å². The Morgan fingerprint density at radius 1 is 1.06 bits per heavy atom. The Labute approximate surface area is 219 Å². The number of halogens is 5. The van der Waals surface area contributed by atoms with Gasteiger partial charge in [-0.3, -0.25) is 4.90 Å². The number of aromatic nitrogens is 1. The third kappa shape index (κ3) is 5.60. The van der Waals surface area contributed by atoms with Crippen molar-refractivity contribution in [3.05, 3.63) is 68.5 Å². The molecular formula is C27H30Cl2F3N3O. The number of hydrogen-bond donors (Lipinski definition) is 1. The zero-order valence-corrected chi connectivity index (χ0v) is 21.5. The van der Waals surface area contributed by atoms with E-state index in [0.717, 1.165) is 63.4 Å². The molecule has 0 saturated carbocycles. The Morgan fingerprint density at radius 3 is 2.58 bits per heavy atom. The van der Waals surface area contributed by atoms with E-state index in [1.807, 2.05) is 6.07 Å². The highest BCUT2D eigenvalue weighted by Gasteiger charge is 2.37. The number of piperidine rings is 1. The van der Waals surface area contributed by atoms with Gasteiger partial charge < -0.3 is 10.0 Å². The summed E-state index contributed by atoms with van der Waals surface area (Å²) < 4.78 is 39.6. The summed E-state index contributed by atoms with van der Waals surface area (Å²) in [5.41, 5.74) is 4.82. The molecule has 2 aliphatic heterocycles. The quantitative estimate of drug-likeness (QED) is 0.497. The third-order valence-corrected chi connectivity index (χ3v) is 8.24. The summed E-state index contributed by atoms with van der Waals surface area (Å²) in [6.45, 7) is 4.32. The number of pyridine rings is 1. The van der Waals surface area contributed by atoms with Crippen molar-refractivity contribution in [1.82, 2.24) is 14.8 Å². The van der Waals surface area contributed by atoms with Crippen molar-refractivity contribution in [3.8, 4) is 0 Å². The van der Waals surface area contributed by atoms with E-state index in [2.05, 4.69) is 26.9 Å². The van der Waals surface area contributed by atoms with Crippen LogP contribution in [0.3, 0.4) is 0 Å². The van der Waals surface area contributed by atoms with Crippen molar-refractivity contribution in [2.45, 2.75) is 56.8 Å². The van der Waals surface area contributed by atoms with E-state index in [0.29, 0.717) is 18.5 Å². The van der Waals surface area contributed by atoms with Gasteiger partial charge in [0.25, 0.3) is 0 Å². The highest BCUT2D eigenvalue weighted by Crippen LogP contribution is 2.42. The van der Waals surface area contributed by atoms with Crippen LogP contribution in [0.25, 0.3) is 5.57 Å². The molecule has 1 atom stereocenters. The molecule has 5 rings (SSSR count). The fourth-order valence-corrected chi connectivity index (χ4v) is 6.22. The normalized spacial score (nSPS) is 21.7. The molecule has 1 unspecified atom stereocenters. The van der Waals surface area contributed by atoms with Gasteiger partial charge in [-0.25, -0.2) is 4.98 Å². The third-order valence-electron chi connectivity index (χ3n) is 7.70.